The van der Waals surface area contributed by atoms with Gasteiger partial charge in [0.1, 0.15) is 5.75 Å². The number of allylic oxidation sites excluding steroid dienone is 1. The van der Waals surface area contributed by atoms with Gasteiger partial charge in [0.2, 0.25) is 11.8 Å². The van der Waals surface area contributed by atoms with Crippen LogP contribution in [0.1, 0.15) is 30.4 Å². The molecule has 2 amide bonds. The van der Waals surface area contributed by atoms with Gasteiger partial charge in [0.25, 0.3) is 0 Å². The van der Waals surface area contributed by atoms with Crippen molar-refractivity contribution in [2.45, 2.75) is 25.4 Å². The lowest BCUT2D eigenvalue weighted by Gasteiger charge is -2.25. The second kappa shape index (κ2) is 10.8. The lowest BCUT2D eigenvalue weighted by Crippen LogP contribution is -2.31. The van der Waals surface area contributed by atoms with Crippen LogP contribution in [0, 0.1) is 11.3 Å². The summed E-state index contributed by atoms with van der Waals surface area (Å²) in [6.45, 7) is 2.36. The minimum absolute atomic E-state index is 0.0511. The fraction of sp³-hybridized carbons (Fsp3) is 0.261. The Morgan fingerprint density at radius 1 is 1.29 bits per heavy atom. The number of benzene rings is 2. The van der Waals surface area contributed by atoms with E-state index in [1.165, 1.54) is 0 Å². The molecule has 1 aliphatic heterocycles. The van der Waals surface area contributed by atoms with Crippen molar-refractivity contribution in [2.75, 3.05) is 17.7 Å². The first-order valence-corrected chi connectivity index (χ1v) is 11.4. The topological polar surface area (TPSA) is 91.2 Å². The zero-order valence-corrected chi connectivity index (χ0v) is 19.4. The van der Waals surface area contributed by atoms with Crippen LogP contribution in [0.25, 0.3) is 0 Å². The average Bonchev–Trinajstić information content (AvgIpc) is 2.78. The standard InChI is InChI=1S/C23H19ClF3N3O3S/c1-2-33-15-6-3-13(4-7-15)16-10-20(31)30-22(17(16)11-28)34-12-21(32)29-19-9-14(23(25,26)27)5-8-18(19)24/h3-9,16H,2,10,12H2,1H3,(H,29,32)(H,30,31)/t16-/m1/s1. The molecule has 0 unspecified atom stereocenters. The van der Waals surface area contributed by atoms with Gasteiger partial charge in [0.05, 0.1) is 45.3 Å². The fourth-order valence-corrected chi connectivity index (χ4v) is 4.34. The van der Waals surface area contributed by atoms with Crippen molar-refractivity contribution in [1.82, 2.24) is 5.32 Å². The van der Waals surface area contributed by atoms with Crippen molar-refractivity contribution in [3.05, 3.63) is 69.2 Å². The Morgan fingerprint density at radius 3 is 2.62 bits per heavy atom. The monoisotopic (exact) mass is 509 g/mol. The van der Waals surface area contributed by atoms with Gasteiger partial charge in [-0.3, -0.25) is 9.59 Å². The van der Waals surface area contributed by atoms with Gasteiger partial charge in [0, 0.05) is 12.3 Å². The maximum atomic E-state index is 12.9. The number of hydrogen-bond donors (Lipinski definition) is 2. The van der Waals surface area contributed by atoms with Gasteiger partial charge in [-0.1, -0.05) is 35.5 Å². The van der Waals surface area contributed by atoms with E-state index in [9.17, 15) is 28.0 Å². The lowest BCUT2D eigenvalue weighted by atomic mass is 9.87. The molecule has 6 nitrogen and oxygen atoms in total. The van der Waals surface area contributed by atoms with E-state index in [0.717, 1.165) is 35.5 Å². The number of amides is 2. The highest BCUT2D eigenvalue weighted by Gasteiger charge is 2.32. The zero-order valence-electron chi connectivity index (χ0n) is 17.8. The molecule has 0 radical (unpaired) electrons. The quantitative estimate of drug-likeness (QED) is 0.516. The van der Waals surface area contributed by atoms with E-state index >= 15 is 0 Å². The Bertz CT molecular complexity index is 1160. The summed E-state index contributed by atoms with van der Waals surface area (Å²) >= 11 is 6.82. The van der Waals surface area contributed by atoms with Crippen LogP contribution < -0.4 is 15.4 Å². The van der Waals surface area contributed by atoms with Crippen molar-refractivity contribution >= 4 is 40.9 Å². The normalized spacial score (nSPS) is 16.0. The molecule has 1 aliphatic rings. The third kappa shape index (κ3) is 6.24. The third-order valence-corrected chi connectivity index (χ3v) is 6.21. The third-order valence-electron chi connectivity index (χ3n) is 4.86. The van der Waals surface area contributed by atoms with Crippen LogP contribution in [0.2, 0.25) is 5.02 Å². The van der Waals surface area contributed by atoms with E-state index < -0.39 is 23.6 Å². The predicted octanol–water partition coefficient (Wildman–Crippen LogP) is 5.47. The molecule has 0 spiro atoms. The van der Waals surface area contributed by atoms with Crippen molar-refractivity contribution in [1.29, 1.82) is 5.26 Å². The highest BCUT2D eigenvalue weighted by Crippen LogP contribution is 2.37. The maximum Gasteiger partial charge on any atom is 0.416 e. The Morgan fingerprint density at radius 2 is 2.00 bits per heavy atom. The number of nitrogens with one attached hydrogen (secondary N) is 2. The summed E-state index contributed by atoms with van der Waals surface area (Å²) in [6.07, 6.45) is -4.53. The molecule has 0 saturated carbocycles. The highest BCUT2D eigenvalue weighted by atomic mass is 35.5. The maximum absolute atomic E-state index is 12.9. The molecule has 1 heterocycles. The molecular weight excluding hydrogens is 491 g/mol. The Hall–Kier alpha value is -3.16. The van der Waals surface area contributed by atoms with E-state index in [0.29, 0.717) is 17.9 Å². The number of carbonyl (C=O) groups excluding carboxylic acids is 2. The largest absolute Gasteiger partial charge is 0.494 e. The van der Waals surface area contributed by atoms with Crippen LogP contribution in [0.4, 0.5) is 18.9 Å². The summed E-state index contributed by atoms with van der Waals surface area (Å²) in [5.74, 6) is -1.06. The molecule has 11 heteroatoms. The first-order chi connectivity index (χ1) is 16.1. The Kier molecular flexibility index (Phi) is 8.12. The van der Waals surface area contributed by atoms with E-state index in [-0.39, 0.29) is 33.8 Å². The fourth-order valence-electron chi connectivity index (χ4n) is 3.30. The van der Waals surface area contributed by atoms with Crippen molar-refractivity contribution in [3.8, 4) is 11.8 Å². The van der Waals surface area contributed by atoms with Crippen molar-refractivity contribution < 1.29 is 27.5 Å². The van der Waals surface area contributed by atoms with Gasteiger partial charge in [-0.25, -0.2) is 0 Å². The minimum Gasteiger partial charge on any atom is -0.494 e. The highest BCUT2D eigenvalue weighted by molar-refractivity contribution is 8.03. The number of anilines is 1. The number of nitriles is 1. The van der Waals surface area contributed by atoms with Gasteiger partial charge >= 0.3 is 6.18 Å². The Balaban J connectivity index is 1.75. The number of ether oxygens (including phenoxy) is 1. The van der Waals surface area contributed by atoms with Gasteiger partial charge in [-0.2, -0.15) is 18.4 Å². The molecular formula is C23H19ClF3N3O3S. The first kappa shape index (κ1) is 25.5. The van der Waals surface area contributed by atoms with Gasteiger partial charge in [0.15, 0.2) is 0 Å². The first-order valence-electron chi connectivity index (χ1n) is 10.1. The number of halogens is 4. The van der Waals surface area contributed by atoms with Crippen LogP contribution in [0.5, 0.6) is 5.75 Å². The second-order valence-electron chi connectivity index (χ2n) is 7.19. The molecule has 0 saturated heterocycles. The number of rotatable bonds is 7. The van der Waals surface area contributed by atoms with Crippen LogP contribution in [0.15, 0.2) is 53.1 Å². The summed E-state index contributed by atoms with van der Waals surface area (Å²) in [5.41, 5.74) is -0.101. The van der Waals surface area contributed by atoms with E-state index in [4.69, 9.17) is 16.3 Å². The van der Waals surface area contributed by atoms with Crippen LogP contribution >= 0.6 is 23.4 Å². The summed E-state index contributed by atoms with van der Waals surface area (Å²) in [4.78, 5) is 24.7. The van der Waals surface area contributed by atoms with Crippen LogP contribution in [-0.2, 0) is 15.8 Å². The molecule has 0 aliphatic carbocycles. The second-order valence-corrected chi connectivity index (χ2v) is 8.58. The molecule has 0 bridgehead atoms. The SMILES string of the molecule is CCOc1ccc([C@H]2CC(=O)NC(SCC(=O)Nc3cc(C(F)(F)F)ccc3Cl)=C2C#N)cc1. The molecule has 34 heavy (non-hydrogen) atoms. The van der Waals surface area contributed by atoms with Gasteiger partial charge in [-0.05, 0) is 42.8 Å². The molecule has 2 N–H and O–H groups in total. The molecule has 2 aromatic rings. The lowest BCUT2D eigenvalue weighted by molar-refractivity contribution is -0.137. The van der Waals surface area contributed by atoms with Crippen molar-refractivity contribution in [2.24, 2.45) is 0 Å². The van der Waals surface area contributed by atoms with E-state index in [1.54, 1.807) is 24.3 Å². The van der Waals surface area contributed by atoms with E-state index in [1.807, 2.05) is 6.92 Å². The number of thioether (sulfide) groups is 1. The predicted molar refractivity (Wildman–Crippen MR) is 123 cm³/mol. The number of hydrogen-bond acceptors (Lipinski definition) is 5. The van der Waals surface area contributed by atoms with Gasteiger partial charge < -0.3 is 15.4 Å². The molecule has 1 atom stereocenters. The average molecular weight is 510 g/mol. The molecule has 0 aromatic heterocycles. The zero-order chi connectivity index (χ0) is 24.9. The summed E-state index contributed by atoms with van der Waals surface area (Å²) in [7, 11) is 0. The smallest absolute Gasteiger partial charge is 0.416 e. The summed E-state index contributed by atoms with van der Waals surface area (Å²) < 4.78 is 44.2. The minimum atomic E-state index is -4.59. The molecule has 2 aromatic carbocycles. The number of alkyl halides is 3. The van der Waals surface area contributed by atoms with Crippen molar-refractivity contribution in [3.63, 3.8) is 0 Å². The van der Waals surface area contributed by atoms with Crippen LogP contribution in [-0.4, -0.2) is 24.2 Å². The molecule has 0 fully saturated rings. The number of nitrogens with zero attached hydrogens (tertiary/aromatic N) is 1. The van der Waals surface area contributed by atoms with E-state index in [2.05, 4.69) is 16.7 Å². The summed E-state index contributed by atoms with van der Waals surface area (Å²) in [6, 6.07) is 11.8. The number of carbonyl (C=O) groups is 2. The van der Waals surface area contributed by atoms with Crippen LogP contribution in [0.3, 0.4) is 0 Å². The summed E-state index contributed by atoms with van der Waals surface area (Å²) in [5, 5.41) is 14.9. The Labute approximate surface area is 203 Å². The molecule has 178 valence electrons. The van der Waals surface area contributed by atoms with Gasteiger partial charge in [-0.15, -0.1) is 0 Å². The molecule has 3 rings (SSSR count).